The summed E-state index contributed by atoms with van der Waals surface area (Å²) in [6.07, 6.45) is 4.03. The fourth-order valence-electron chi connectivity index (χ4n) is 2.24. The zero-order chi connectivity index (χ0) is 14.4. The lowest BCUT2D eigenvalue weighted by Gasteiger charge is -2.10. The summed E-state index contributed by atoms with van der Waals surface area (Å²) >= 11 is 6.44. The van der Waals surface area contributed by atoms with Crippen LogP contribution in [0.3, 0.4) is 0 Å². The van der Waals surface area contributed by atoms with Gasteiger partial charge in [-0.15, -0.1) is 0 Å². The smallest absolute Gasteiger partial charge is 0.0697 e. The first-order valence-electron chi connectivity index (χ1n) is 7.27. The first-order chi connectivity index (χ1) is 9.76. The van der Waals surface area contributed by atoms with Gasteiger partial charge in [0, 0.05) is 24.8 Å². The van der Waals surface area contributed by atoms with E-state index in [-0.39, 0.29) is 0 Å². The molecule has 0 aliphatic heterocycles. The third kappa shape index (κ3) is 3.62. The largest absolute Gasteiger partial charge is 0.313 e. The van der Waals surface area contributed by atoms with Gasteiger partial charge in [-0.05, 0) is 37.1 Å². The van der Waals surface area contributed by atoms with Crippen molar-refractivity contribution < 1.29 is 0 Å². The van der Waals surface area contributed by atoms with Gasteiger partial charge < -0.3 is 5.32 Å². The molecule has 0 atom stereocenters. The van der Waals surface area contributed by atoms with Crippen molar-refractivity contribution in [3.63, 3.8) is 0 Å². The first-order valence-corrected chi connectivity index (χ1v) is 7.65. The zero-order valence-electron chi connectivity index (χ0n) is 12.2. The molecule has 0 aliphatic rings. The minimum Gasteiger partial charge on any atom is -0.313 e. The lowest BCUT2D eigenvalue weighted by molar-refractivity contribution is 0.609. The van der Waals surface area contributed by atoms with Crippen LogP contribution in [0, 0.1) is 0 Å². The summed E-state index contributed by atoms with van der Waals surface area (Å²) in [4.78, 5) is 0. The molecule has 2 rings (SSSR count). The van der Waals surface area contributed by atoms with Gasteiger partial charge in [0.1, 0.15) is 0 Å². The Hall–Kier alpha value is -1.32. The molecule has 0 aliphatic carbocycles. The molecule has 1 N–H and O–H groups in total. The van der Waals surface area contributed by atoms with E-state index in [9.17, 15) is 0 Å². The van der Waals surface area contributed by atoms with Gasteiger partial charge in [0.25, 0.3) is 0 Å². The standard InChI is InChI=1S/C16H22ClN3/c1-3-8-18-12-13-5-6-14(15(17)11-13)16-7-9-19-20(16)10-4-2/h5-7,9,11,18H,3-4,8,10,12H2,1-2H3. The molecular formula is C16H22ClN3. The highest BCUT2D eigenvalue weighted by molar-refractivity contribution is 6.33. The lowest BCUT2D eigenvalue weighted by Crippen LogP contribution is -2.13. The molecule has 20 heavy (non-hydrogen) atoms. The number of nitrogens with one attached hydrogen (secondary N) is 1. The van der Waals surface area contributed by atoms with E-state index in [1.165, 1.54) is 5.56 Å². The summed E-state index contributed by atoms with van der Waals surface area (Å²) in [6.45, 7) is 7.12. The van der Waals surface area contributed by atoms with Crippen molar-refractivity contribution in [3.05, 3.63) is 41.0 Å². The molecule has 108 valence electrons. The summed E-state index contributed by atoms with van der Waals surface area (Å²) in [5, 5.41) is 8.53. The third-order valence-electron chi connectivity index (χ3n) is 3.22. The van der Waals surface area contributed by atoms with Gasteiger partial charge in [-0.1, -0.05) is 37.6 Å². The molecule has 0 spiro atoms. The fraction of sp³-hybridized carbons (Fsp3) is 0.438. The van der Waals surface area contributed by atoms with E-state index in [4.69, 9.17) is 11.6 Å². The molecule has 4 heteroatoms. The average molecular weight is 292 g/mol. The quantitative estimate of drug-likeness (QED) is 0.778. The minimum atomic E-state index is 0.790. The normalized spacial score (nSPS) is 10.9. The Bertz CT molecular complexity index is 548. The second-order valence-corrected chi connectivity index (χ2v) is 5.34. The van der Waals surface area contributed by atoms with E-state index in [1.54, 1.807) is 0 Å². The Balaban J connectivity index is 2.18. The maximum atomic E-state index is 6.44. The molecule has 1 aromatic carbocycles. The number of nitrogens with zero attached hydrogens (tertiary/aromatic N) is 2. The third-order valence-corrected chi connectivity index (χ3v) is 3.53. The molecule has 1 aromatic heterocycles. The molecule has 0 radical (unpaired) electrons. The van der Waals surface area contributed by atoms with Gasteiger partial charge in [0.2, 0.25) is 0 Å². The predicted molar refractivity (Wildman–Crippen MR) is 85.0 cm³/mol. The molecule has 0 bridgehead atoms. The highest BCUT2D eigenvalue weighted by atomic mass is 35.5. The van der Waals surface area contributed by atoms with Crippen molar-refractivity contribution in [2.45, 2.75) is 39.8 Å². The van der Waals surface area contributed by atoms with Gasteiger partial charge in [0.15, 0.2) is 0 Å². The fourth-order valence-corrected chi connectivity index (χ4v) is 2.54. The summed E-state index contributed by atoms with van der Waals surface area (Å²) in [7, 11) is 0. The van der Waals surface area contributed by atoms with Gasteiger partial charge in [-0.3, -0.25) is 4.68 Å². The summed E-state index contributed by atoms with van der Waals surface area (Å²) in [5.41, 5.74) is 3.36. The molecule has 0 unspecified atom stereocenters. The van der Waals surface area contributed by atoms with Gasteiger partial charge >= 0.3 is 0 Å². The van der Waals surface area contributed by atoms with Crippen LogP contribution >= 0.6 is 11.6 Å². The number of aryl methyl sites for hydroxylation is 1. The van der Waals surface area contributed by atoms with E-state index in [0.29, 0.717) is 0 Å². The second-order valence-electron chi connectivity index (χ2n) is 4.93. The second kappa shape index (κ2) is 7.46. The van der Waals surface area contributed by atoms with Gasteiger partial charge in [-0.2, -0.15) is 5.10 Å². The van der Waals surface area contributed by atoms with Crippen LogP contribution in [0.5, 0.6) is 0 Å². The SMILES string of the molecule is CCCNCc1ccc(-c2ccnn2CCC)c(Cl)c1. The Labute approximate surface area is 126 Å². The molecule has 2 aromatic rings. The Morgan fingerprint density at radius 1 is 1.20 bits per heavy atom. The van der Waals surface area contributed by atoms with E-state index in [2.05, 4.69) is 36.4 Å². The van der Waals surface area contributed by atoms with Crippen molar-refractivity contribution in [1.29, 1.82) is 0 Å². The Morgan fingerprint density at radius 3 is 2.75 bits per heavy atom. The topological polar surface area (TPSA) is 29.9 Å². The molecule has 0 saturated heterocycles. The summed E-state index contributed by atoms with van der Waals surface area (Å²) in [5.74, 6) is 0. The van der Waals surface area contributed by atoms with Crippen molar-refractivity contribution >= 4 is 11.6 Å². The molecule has 1 heterocycles. The number of hydrogen-bond donors (Lipinski definition) is 1. The number of hydrogen-bond acceptors (Lipinski definition) is 2. The first kappa shape index (κ1) is 15.1. The van der Waals surface area contributed by atoms with Crippen LogP contribution in [0.25, 0.3) is 11.3 Å². The average Bonchev–Trinajstić information content (AvgIpc) is 2.88. The highest BCUT2D eigenvalue weighted by Gasteiger charge is 2.09. The Morgan fingerprint density at radius 2 is 2.05 bits per heavy atom. The van der Waals surface area contributed by atoms with E-state index >= 15 is 0 Å². The zero-order valence-corrected chi connectivity index (χ0v) is 13.0. The molecule has 0 saturated carbocycles. The predicted octanol–water partition coefficient (Wildman–Crippen LogP) is 4.11. The van der Waals surface area contributed by atoms with Gasteiger partial charge in [-0.25, -0.2) is 0 Å². The lowest BCUT2D eigenvalue weighted by atomic mass is 10.1. The molecular weight excluding hydrogens is 270 g/mol. The van der Waals surface area contributed by atoms with Crippen LogP contribution in [-0.2, 0) is 13.1 Å². The molecule has 0 amide bonds. The molecule has 0 fully saturated rings. The van der Waals surface area contributed by atoms with Gasteiger partial charge in [0.05, 0.1) is 10.7 Å². The van der Waals surface area contributed by atoms with Crippen LogP contribution in [0.15, 0.2) is 30.5 Å². The summed E-state index contributed by atoms with van der Waals surface area (Å²) < 4.78 is 2.01. The maximum absolute atomic E-state index is 6.44. The van der Waals surface area contributed by atoms with Crippen molar-refractivity contribution in [1.82, 2.24) is 15.1 Å². The van der Waals surface area contributed by atoms with Crippen molar-refractivity contribution in [2.75, 3.05) is 6.54 Å². The number of benzene rings is 1. The highest BCUT2D eigenvalue weighted by Crippen LogP contribution is 2.28. The van der Waals surface area contributed by atoms with E-state index in [0.717, 1.165) is 48.8 Å². The van der Waals surface area contributed by atoms with Crippen LogP contribution in [0.1, 0.15) is 32.3 Å². The number of halogens is 1. The van der Waals surface area contributed by atoms with E-state index in [1.807, 2.05) is 23.0 Å². The van der Waals surface area contributed by atoms with E-state index < -0.39 is 0 Å². The maximum Gasteiger partial charge on any atom is 0.0697 e. The summed E-state index contributed by atoms with van der Waals surface area (Å²) in [6, 6.07) is 8.29. The number of aromatic nitrogens is 2. The monoisotopic (exact) mass is 291 g/mol. The number of rotatable bonds is 7. The Kier molecular flexibility index (Phi) is 5.62. The van der Waals surface area contributed by atoms with Crippen LogP contribution < -0.4 is 5.32 Å². The van der Waals surface area contributed by atoms with Crippen LogP contribution in [-0.4, -0.2) is 16.3 Å². The van der Waals surface area contributed by atoms with Crippen molar-refractivity contribution in [2.24, 2.45) is 0 Å². The molecule has 3 nitrogen and oxygen atoms in total. The van der Waals surface area contributed by atoms with Crippen molar-refractivity contribution in [3.8, 4) is 11.3 Å². The van der Waals surface area contributed by atoms with Crippen LogP contribution in [0.4, 0.5) is 0 Å². The van der Waals surface area contributed by atoms with Crippen LogP contribution in [0.2, 0.25) is 5.02 Å². The minimum absolute atomic E-state index is 0.790.